The van der Waals surface area contributed by atoms with Crippen LogP contribution in [0, 0.1) is 12.7 Å². The molecule has 1 aliphatic heterocycles. The molecule has 1 aromatic carbocycles. The van der Waals surface area contributed by atoms with Crippen LogP contribution in [0.1, 0.15) is 33.6 Å². The summed E-state index contributed by atoms with van der Waals surface area (Å²) in [5, 5.41) is 5.51. The van der Waals surface area contributed by atoms with Gasteiger partial charge in [-0.3, -0.25) is 14.6 Å². The van der Waals surface area contributed by atoms with E-state index >= 15 is 0 Å². The molecule has 206 valence electrons. The normalized spacial score (nSPS) is 13.7. The van der Waals surface area contributed by atoms with Crippen LogP contribution < -0.4 is 10.6 Å². The molecule has 0 radical (unpaired) electrons. The van der Waals surface area contributed by atoms with Crippen LogP contribution in [0.25, 0.3) is 11.4 Å². The minimum atomic E-state index is -4.64. The SMILES string of the molecule is Cc1ccc(CNc2cc(C(=O)NCCC(=O)N3CCOCC3)nc(-c3cncc(C(F)(F)F)c3)n2)c(F)c1. The number of hydrogen-bond acceptors (Lipinski definition) is 7. The van der Waals surface area contributed by atoms with Gasteiger partial charge in [0.05, 0.1) is 18.8 Å². The average molecular weight is 547 g/mol. The standard InChI is InChI=1S/C26H26F4N6O3/c1-16-2-3-17(20(27)10-16)14-33-22-12-21(25(38)32-5-4-23(37)36-6-8-39-9-7-36)34-24(35-22)18-11-19(15-31-13-18)26(28,29)30/h2-3,10-13,15H,4-9,14H2,1H3,(H,32,38)(H,33,34,35). The molecule has 39 heavy (non-hydrogen) atoms. The molecule has 0 atom stereocenters. The van der Waals surface area contributed by atoms with E-state index in [0.717, 1.165) is 17.8 Å². The number of alkyl halides is 3. The number of hydrogen-bond donors (Lipinski definition) is 2. The minimum absolute atomic E-state index is 0.00147. The van der Waals surface area contributed by atoms with Crippen molar-refractivity contribution in [3.8, 4) is 11.4 Å². The van der Waals surface area contributed by atoms with Crippen molar-refractivity contribution in [3.05, 3.63) is 70.9 Å². The van der Waals surface area contributed by atoms with Crippen LogP contribution in [0.3, 0.4) is 0 Å². The highest BCUT2D eigenvalue weighted by Crippen LogP contribution is 2.31. The molecule has 2 aromatic heterocycles. The molecule has 1 aliphatic rings. The quantitative estimate of drug-likeness (QED) is 0.416. The first-order valence-electron chi connectivity index (χ1n) is 12.1. The number of morpholine rings is 1. The number of amides is 2. The number of carbonyl (C=O) groups is 2. The number of aromatic nitrogens is 3. The number of anilines is 1. The third-order valence-corrected chi connectivity index (χ3v) is 5.94. The summed E-state index contributed by atoms with van der Waals surface area (Å²) in [6.07, 6.45) is -2.77. The molecule has 4 rings (SSSR count). The summed E-state index contributed by atoms with van der Waals surface area (Å²) in [4.78, 5) is 38.9. The molecule has 2 amide bonds. The van der Waals surface area contributed by atoms with Gasteiger partial charge in [-0.15, -0.1) is 0 Å². The number of aryl methyl sites for hydroxylation is 1. The van der Waals surface area contributed by atoms with Gasteiger partial charge in [0.1, 0.15) is 17.3 Å². The third kappa shape index (κ3) is 7.47. The molecule has 1 saturated heterocycles. The van der Waals surface area contributed by atoms with Gasteiger partial charge in [0.15, 0.2) is 5.82 Å². The second-order valence-corrected chi connectivity index (χ2v) is 8.87. The Kier molecular flexibility index (Phi) is 8.69. The van der Waals surface area contributed by atoms with Crippen LogP contribution in [0.4, 0.5) is 23.4 Å². The van der Waals surface area contributed by atoms with Crippen LogP contribution in [0.15, 0.2) is 42.7 Å². The van der Waals surface area contributed by atoms with Crippen LogP contribution in [0.5, 0.6) is 0 Å². The predicted molar refractivity (Wildman–Crippen MR) is 133 cm³/mol. The average Bonchev–Trinajstić information content (AvgIpc) is 2.92. The van der Waals surface area contributed by atoms with Crippen molar-refractivity contribution in [1.29, 1.82) is 0 Å². The lowest BCUT2D eigenvalue weighted by Gasteiger charge is -2.26. The van der Waals surface area contributed by atoms with E-state index in [1.165, 1.54) is 12.1 Å². The molecule has 9 nitrogen and oxygen atoms in total. The lowest BCUT2D eigenvalue weighted by molar-refractivity contribution is -0.138. The van der Waals surface area contributed by atoms with Crippen LogP contribution >= 0.6 is 0 Å². The molecule has 3 aromatic rings. The molecular weight excluding hydrogens is 520 g/mol. The zero-order valence-corrected chi connectivity index (χ0v) is 21.0. The maximum atomic E-state index is 14.3. The largest absolute Gasteiger partial charge is 0.417 e. The van der Waals surface area contributed by atoms with Crippen molar-refractivity contribution >= 4 is 17.6 Å². The van der Waals surface area contributed by atoms with Crippen molar-refractivity contribution in [2.45, 2.75) is 26.1 Å². The molecule has 0 bridgehead atoms. The minimum Gasteiger partial charge on any atom is -0.378 e. The highest BCUT2D eigenvalue weighted by atomic mass is 19.4. The number of halogens is 4. The Balaban J connectivity index is 1.55. The lowest BCUT2D eigenvalue weighted by atomic mass is 10.1. The van der Waals surface area contributed by atoms with Gasteiger partial charge in [-0.1, -0.05) is 12.1 Å². The fourth-order valence-electron chi connectivity index (χ4n) is 3.83. The lowest BCUT2D eigenvalue weighted by Crippen LogP contribution is -2.42. The Labute approximate surface area is 221 Å². The summed E-state index contributed by atoms with van der Waals surface area (Å²) in [7, 11) is 0. The molecule has 2 N–H and O–H groups in total. The first-order chi connectivity index (χ1) is 18.6. The van der Waals surface area contributed by atoms with E-state index in [1.54, 1.807) is 24.0 Å². The number of nitrogens with zero attached hydrogens (tertiary/aromatic N) is 4. The molecular formula is C26H26F4N6O3. The number of nitrogens with one attached hydrogen (secondary N) is 2. The summed E-state index contributed by atoms with van der Waals surface area (Å²) in [5.41, 5.74) is -0.149. The third-order valence-electron chi connectivity index (χ3n) is 5.94. The Hall–Kier alpha value is -4.13. The van der Waals surface area contributed by atoms with Crippen molar-refractivity contribution in [2.75, 3.05) is 38.2 Å². The van der Waals surface area contributed by atoms with E-state index in [9.17, 15) is 27.2 Å². The highest BCUT2D eigenvalue weighted by molar-refractivity contribution is 5.93. The zero-order valence-electron chi connectivity index (χ0n) is 21.0. The van der Waals surface area contributed by atoms with Crippen LogP contribution in [-0.4, -0.2) is 64.5 Å². The maximum absolute atomic E-state index is 14.3. The zero-order chi connectivity index (χ0) is 28.0. The number of pyridine rings is 1. The first-order valence-corrected chi connectivity index (χ1v) is 12.1. The Morgan fingerprint density at radius 1 is 1.08 bits per heavy atom. The molecule has 0 saturated carbocycles. The Morgan fingerprint density at radius 3 is 2.56 bits per heavy atom. The van der Waals surface area contributed by atoms with Gasteiger partial charge < -0.3 is 20.3 Å². The number of carbonyl (C=O) groups excluding carboxylic acids is 2. The van der Waals surface area contributed by atoms with E-state index in [0.29, 0.717) is 38.1 Å². The van der Waals surface area contributed by atoms with Gasteiger partial charge in [-0.2, -0.15) is 13.2 Å². The Bertz CT molecular complexity index is 1350. The number of benzene rings is 1. The van der Waals surface area contributed by atoms with Crippen LogP contribution in [-0.2, 0) is 22.3 Å². The van der Waals surface area contributed by atoms with Gasteiger partial charge >= 0.3 is 6.18 Å². The molecule has 3 heterocycles. The van der Waals surface area contributed by atoms with Gasteiger partial charge in [0, 0.05) is 62.2 Å². The van der Waals surface area contributed by atoms with E-state index in [2.05, 4.69) is 25.6 Å². The number of rotatable bonds is 8. The van der Waals surface area contributed by atoms with E-state index < -0.39 is 23.5 Å². The summed E-state index contributed by atoms with van der Waals surface area (Å²) in [6.45, 7) is 3.63. The Morgan fingerprint density at radius 2 is 1.85 bits per heavy atom. The first kappa shape index (κ1) is 27.9. The molecule has 0 unspecified atom stereocenters. The van der Waals surface area contributed by atoms with Gasteiger partial charge in [0.25, 0.3) is 5.91 Å². The molecule has 0 spiro atoms. The van der Waals surface area contributed by atoms with E-state index in [4.69, 9.17) is 4.74 Å². The summed E-state index contributed by atoms with van der Waals surface area (Å²) in [5.74, 6) is -1.33. The topological polar surface area (TPSA) is 109 Å². The van der Waals surface area contributed by atoms with Crippen molar-refractivity contribution in [1.82, 2.24) is 25.2 Å². The van der Waals surface area contributed by atoms with Gasteiger partial charge in [-0.25, -0.2) is 14.4 Å². The van der Waals surface area contributed by atoms with Crippen LogP contribution in [0.2, 0.25) is 0 Å². The smallest absolute Gasteiger partial charge is 0.378 e. The van der Waals surface area contributed by atoms with Gasteiger partial charge in [0.2, 0.25) is 5.91 Å². The number of ether oxygens (including phenoxy) is 1. The fourth-order valence-corrected chi connectivity index (χ4v) is 3.83. The highest BCUT2D eigenvalue weighted by Gasteiger charge is 2.31. The molecule has 1 fully saturated rings. The predicted octanol–water partition coefficient (Wildman–Crippen LogP) is 3.60. The van der Waals surface area contributed by atoms with Crippen molar-refractivity contribution in [2.24, 2.45) is 0 Å². The molecule has 0 aliphatic carbocycles. The monoisotopic (exact) mass is 546 g/mol. The second kappa shape index (κ2) is 12.2. The van der Waals surface area contributed by atoms with Gasteiger partial charge in [-0.05, 0) is 24.6 Å². The van der Waals surface area contributed by atoms with Crippen molar-refractivity contribution in [3.63, 3.8) is 0 Å². The van der Waals surface area contributed by atoms with E-state index in [1.807, 2.05) is 0 Å². The maximum Gasteiger partial charge on any atom is 0.417 e. The van der Waals surface area contributed by atoms with E-state index in [-0.39, 0.29) is 48.3 Å². The summed E-state index contributed by atoms with van der Waals surface area (Å²) in [6, 6.07) is 6.82. The summed E-state index contributed by atoms with van der Waals surface area (Å²) >= 11 is 0. The second-order valence-electron chi connectivity index (χ2n) is 8.87. The summed E-state index contributed by atoms with van der Waals surface area (Å²) < 4.78 is 59.3. The fraction of sp³-hybridized carbons (Fsp3) is 0.346. The molecule has 13 heteroatoms. The van der Waals surface area contributed by atoms with Crippen molar-refractivity contribution < 1.29 is 31.9 Å².